The Morgan fingerprint density at radius 3 is 2.59 bits per heavy atom. The summed E-state index contributed by atoms with van der Waals surface area (Å²) in [6.07, 6.45) is 1.35. The summed E-state index contributed by atoms with van der Waals surface area (Å²) in [4.78, 5) is 22.7. The Morgan fingerprint density at radius 2 is 1.85 bits per heavy atom. The molecule has 3 aromatic carbocycles. The van der Waals surface area contributed by atoms with Crippen molar-refractivity contribution in [1.82, 2.24) is 20.2 Å². The van der Waals surface area contributed by atoms with Crippen molar-refractivity contribution in [3.63, 3.8) is 0 Å². The van der Waals surface area contributed by atoms with E-state index in [0.717, 1.165) is 11.3 Å². The topological polar surface area (TPSA) is 115 Å². The highest BCUT2D eigenvalue weighted by Crippen LogP contribution is 2.28. The van der Waals surface area contributed by atoms with Crippen molar-refractivity contribution in [2.75, 3.05) is 5.75 Å². The Labute approximate surface area is 203 Å². The van der Waals surface area contributed by atoms with Crippen LogP contribution in [0.25, 0.3) is 17.1 Å². The maximum absolute atomic E-state index is 12.3. The number of hydrogen-bond acceptors (Lipinski definition) is 7. The van der Waals surface area contributed by atoms with E-state index < -0.39 is 4.92 Å². The molecule has 0 bridgehead atoms. The normalized spacial score (nSPS) is 11.0. The Morgan fingerprint density at radius 1 is 1.09 bits per heavy atom. The quantitative estimate of drug-likeness (QED) is 0.164. The molecule has 0 radical (unpaired) electrons. The van der Waals surface area contributed by atoms with Gasteiger partial charge in [-0.3, -0.25) is 19.5 Å². The molecule has 9 nitrogen and oxygen atoms in total. The molecule has 1 aromatic heterocycles. The second-order valence-electron chi connectivity index (χ2n) is 6.92. The summed E-state index contributed by atoms with van der Waals surface area (Å²) in [5, 5.41) is 24.5. The second-order valence-corrected chi connectivity index (χ2v) is 8.30. The third-order valence-electron chi connectivity index (χ3n) is 4.57. The molecule has 0 spiro atoms. The molecule has 0 unspecified atom stereocenters. The van der Waals surface area contributed by atoms with Crippen molar-refractivity contribution < 1.29 is 9.72 Å². The number of nitrogens with one attached hydrogen (secondary N) is 1. The molecule has 0 aliphatic carbocycles. The molecule has 0 saturated heterocycles. The SMILES string of the molecule is O=C(CSc1nnc(-c2ccc(Cl)cc2)n1-c1ccccc1)N/N=C/c1cccc([N+](=O)[O-])c1. The maximum atomic E-state index is 12.3. The zero-order valence-corrected chi connectivity index (χ0v) is 19.1. The van der Waals surface area contributed by atoms with Crippen LogP contribution in [-0.4, -0.2) is 37.6 Å². The van der Waals surface area contributed by atoms with Crippen LogP contribution >= 0.6 is 23.4 Å². The smallest absolute Gasteiger partial charge is 0.270 e. The lowest BCUT2D eigenvalue weighted by Gasteiger charge is -2.10. The lowest BCUT2D eigenvalue weighted by molar-refractivity contribution is -0.384. The second kappa shape index (κ2) is 10.7. The molecular weight excluding hydrogens is 476 g/mol. The monoisotopic (exact) mass is 492 g/mol. The van der Waals surface area contributed by atoms with Gasteiger partial charge in [-0.1, -0.05) is 53.7 Å². The molecule has 34 heavy (non-hydrogen) atoms. The van der Waals surface area contributed by atoms with Crippen molar-refractivity contribution >= 4 is 41.2 Å². The van der Waals surface area contributed by atoms with Gasteiger partial charge < -0.3 is 0 Å². The number of hydrogen-bond donors (Lipinski definition) is 1. The molecule has 170 valence electrons. The summed E-state index contributed by atoms with van der Waals surface area (Å²) in [6, 6.07) is 22.8. The Balaban J connectivity index is 1.47. The van der Waals surface area contributed by atoms with E-state index in [2.05, 4.69) is 20.7 Å². The molecule has 1 N–H and O–H groups in total. The van der Waals surface area contributed by atoms with Crippen LogP contribution in [0.15, 0.2) is 89.1 Å². The molecular formula is C23H17ClN6O3S. The third-order valence-corrected chi connectivity index (χ3v) is 5.75. The highest BCUT2D eigenvalue weighted by Gasteiger charge is 2.17. The standard InChI is InChI=1S/C23H17ClN6O3S/c24-18-11-9-17(10-12-18)22-27-28-23(29(22)19-6-2-1-3-7-19)34-15-21(31)26-25-14-16-5-4-8-20(13-16)30(32)33/h1-14H,15H2,(H,26,31)/b25-14+. The minimum atomic E-state index is -0.492. The molecule has 1 amide bonds. The van der Waals surface area contributed by atoms with Gasteiger partial charge in [-0.15, -0.1) is 10.2 Å². The lowest BCUT2D eigenvalue weighted by atomic mass is 10.2. The van der Waals surface area contributed by atoms with Crippen molar-refractivity contribution in [3.8, 4) is 17.1 Å². The molecule has 0 fully saturated rings. The van der Waals surface area contributed by atoms with Crippen LogP contribution in [0.1, 0.15) is 5.56 Å². The summed E-state index contributed by atoms with van der Waals surface area (Å²) in [7, 11) is 0. The van der Waals surface area contributed by atoms with Gasteiger partial charge >= 0.3 is 0 Å². The predicted molar refractivity (Wildman–Crippen MR) is 131 cm³/mol. The fourth-order valence-electron chi connectivity index (χ4n) is 3.02. The van der Waals surface area contributed by atoms with Gasteiger partial charge in [-0.25, -0.2) is 5.43 Å². The number of nitro benzene ring substituents is 1. The highest BCUT2D eigenvalue weighted by molar-refractivity contribution is 7.99. The van der Waals surface area contributed by atoms with Crippen LogP contribution in [-0.2, 0) is 4.79 Å². The van der Waals surface area contributed by atoms with Gasteiger partial charge in [0.15, 0.2) is 11.0 Å². The van der Waals surface area contributed by atoms with Gasteiger partial charge in [-0.05, 0) is 36.4 Å². The van der Waals surface area contributed by atoms with Crippen molar-refractivity contribution in [3.05, 3.63) is 99.6 Å². The van der Waals surface area contributed by atoms with Crippen LogP contribution < -0.4 is 5.43 Å². The number of aromatic nitrogens is 3. The minimum absolute atomic E-state index is 0.0395. The Kier molecular flexibility index (Phi) is 7.31. The number of rotatable bonds is 8. The fourth-order valence-corrected chi connectivity index (χ4v) is 3.89. The minimum Gasteiger partial charge on any atom is -0.272 e. The van der Waals surface area contributed by atoms with Crippen LogP contribution in [0, 0.1) is 10.1 Å². The first-order valence-corrected chi connectivity index (χ1v) is 11.3. The molecule has 11 heteroatoms. The summed E-state index contributed by atoms with van der Waals surface area (Å²) in [5.41, 5.74) is 4.55. The fraction of sp³-hybridized carbons (Fsp3) is 0.0435. The van der Waals surface area contributed by atoms with E-state index in [4.69, 9.17) is 11.6 Å². The van der Waals surface area contributed by atoms with Gasteiger partial charge in [0.05, 0.1) is 16.9 Å². The van der Waals surface area contributed by atoms with Crippen molar-refractivity contribution in [2.24, 2.45) is 5.10 Å². The summed E-state index contributed by atoms with van der Waals surface area (Å²) >= 11 is 7.22. The maximum Gasteiger partial charge on any atom is 0.270 e. The number of halogens is 1. The number of carbonyl (C=O) groups is 1. The van der Waals surface area contributed by atoms with E-state index in [1.807, 2.05) is 47.0 Å². The number of carbonyl (C=O) groups excluding carboxylic acids is 1. The predicted octanol–water partition coefficient (Wildman–Crippen LogP) is 4.74. The van der Waals surface area contributed by atoms with E-state index in [9.17, 15) is 14.9 Å². The van der Waals surface area contributed by atoms with Crippen LogP contribution in [0.5, 0.6) is 0 Å². The zero-order chi connectivity index (χ0) is 23.9. The molecule has 0 saturated carbocycles. The summed E-state index contributed by atoms with van der Waals surface area (Å²) in [6.45, 7) is 0. The van der Waals surface area contributed by atoms with Gasteiger partial charge in [0.2, 0.25) is 0 Å². The largest absolute Gasteiger partial charge is 0.272 e. The number of nitro groups is 1. The number of benzene rings is 3. The van der Waals surface area contributed by atoms with E-state index in [0.29, 0.717) is 21.6 Å². The van der Waals surface area contributed by atoms with Gasteiger partial charge in [0, 0.05) is 34.0 Å². The van der Waals surface area contributed by atoms with E-state index in [1.165, 1.54) is 30.1 Å². The van der Waals surface area contributed by atoms with E-state index in [1.54, 1.807) is 24.3 Å². The van der Waals surface area contributed by atoms with Crippen molar-refractivity contribution in [1.29, 1.82) is 0 Å². The molecule has 0 aliphatic heterocycles. The third kappa shape index (κ3) is 5.66. The van der Waals surface area contributed by atoms with Gasteiger partial charge in [0.1, 0.15) is 0 Å². The number of nitrogens with zero attached hydrogens (tertiary/aromatic N) is 5. The number of para-hydroxylation sites is 1. The highest BCUT2D eigenvalue weighted by atomic mass is 35.5. The summed E-state index contributed by atoms with van der Waals surface area (Å²) < 4.78 is 1.87. The first kappa shape index (κ1) is 23.1. The first-order valence-electron chi connectivity index (χ1n) is 9.97. The van der Waals surface area contributed by atoms with Crippen molar-refractivity contribution in [2.45, 2.75) is 5.16 Å². The van der Waals surface area contributed by atoms with Crippen LogP contribution in [0.4, 0.5) is 5.69 Å². The first-order chi connectivity index (χ1) is 16.5. The summed E-state index contributed by atoms with van der Waals surface area (Å²) in [5.74, 6) is 0.300. The zero-order valence-electron chi connectivity index (χ0n) is 17.5. The molecule has 1 heterocycles. The van der Waals surface area contributed by atoms with Crippen LogP contribution in [0.2, 0.25) is 5.02 Å². The van der Waals surface area contributed by atoms with E-state index >= 15 is 0 Å². The lowest BCUT2D eigenvalue weighted by Crippen LogP contribution is -2.20. The molecule has 4 rings (SSSR count). The number of hydrazone groups is 1. The molecule has 0 atom stereocenters. The number of thioether (sulfide) groups is 1. The average molecular weight is 493 g/mol. The Hall–Kier alpha value is -4.02. The van der Waals surface area contributed by atoms with Gasteiger partial charge in [0.25, 0.3) is 11.6 Å². The number of amides is 1. The molecule has 0 aliphatic rings. The Bertz CT molecular complexity index is 1340. The van der Waals surface area contributed by atoms with Gasteiger partial charge in [-0.2, -0.15) is 5.10 Å². The van der Waals surface area contributed by atoms with Crippen LogP contribution in [0.3, 0.4) is 0 Å². The average Bonchev–Trinajstić information content (AvgIpc) is 3.28. The molecule has 4 aromatic rings. The number of non-ortho nitro benzene ring substituents is 1. The van der Waals surface area contributed by atoms with E-state index in [-0.39, 0.29) is 17.3 Å².